The molecule has 0 nitrogen and oxygen atoms in total. The SMILES string of the molecule is c1ccc(P(CC2C3c4ccccc4C(c4ccccc43)C2CP(c2ccccc2)c2ccccc2)c2ccccc2)cc1. The zero-order valence-corrected chi connectivity index (χ0v) is 26.6. The molecule has 6 aromatic rings. The second kappa shape index (κ2) is 12.3. The third-order valence-electron chi connectivity index (χ3n) is 9.80. The van der Waals surface area contributed by atoms with Gasteiger partial charge in [0.2, 0.25) is 0 Å². The van der Waals surface area contributed by atoms with Crippen molar-refractivity contribution in [3.8, 4) is 0 Å². The van der Waals surface area contributed by atoms with E-state index in [0.717, 1.165) is 0 Å². The molecule has 2 atom stereocenters. The van der Waals surface area contributed by atoms with Crippen LogP contribution in [-0.4, -0.2) is 12.3 Å². The van der Waals surface area contributed by atoms with Crippen LogP contribution in [0.5, 0.6) is 0 Å². The van der Waals surface area contributed by atoms with Gasteiger partial charge in [0.25, 0.3) is 0 Å². The average Bonchev–Trinajstić information content (AvgIpc) is 3.11. The highest BCUT2D eigenvalue weighted by Gasteiger charge is 2.50. The van der Waals surface area contributed by atoms with Crippen LogP contribution >= 0.6 is 15.8 Å². The molecule has 3 aliphatic rings. The molecular formula is C42H36P2. The molecule has 0 radical (unpaired) electrons. The lowest BCUT2D eigenvalue weighted by Crippen LogP contribution is -2.44. The number of benzene rings is 6. The molecule has 0 heterocycles. The van der Waals surface area contributed by atoms with Crippen molar-refractivity contribution in [3.05, 3.63) is 192 Å². The van der Waals surface area contributed by atoms with Crippen LogP contribution in [0.15, 0.2) is 170 Å². The Balaban J connectivity index is 1.30. The molecule has 0 aliphatic heterocycles. The second-order valence-corrected chi connectivity index (χ2v) is 16.6. The van der Waals surface area contributed by atoms with Gasteiger partial charge in [0.15, 0.2) is 0 Å². The minimum atomic E-state index is -0.517. The molecule has 0 spiro atoms. The maximum atomic E-state index is 2.44. The molecule has 0 fully saturated rings. The normalized spacial score (nSPS) is 20.0. The predicted octanol–water partition coefficient (Wildman–Crippen LogP) is 8.78. The van der Waals surface area contributed by atoms with Gasteiger partial charge < -0.3 is 0 Å². The lowest BCUT2D eigenvalue weighted by Gasteiger charge is -2.52. The molecule has 0 N–H and O–H groups in total. The van der Waals surface area contributed by atoms with Crippen LogP contribution in [0.25, 0.3) is 0 Å². The van der Waals surface area contributed by atoms with Gasteiger partial charge in [0.1, 0.15) is 0 Å². The predicted molar refractivity (Wildman–Crippen MR) is 191 cm³/mol. The summed E-state index contributed by atoms with van der Waals surface area (Å²) in [4.78, 5) is 0. The van der Waals surface area contributed by atoms with Crippen LogP contribution in [0.1, 0.15) is 34.1 Å². The number of hydrogen-bond donors (Lipinski definition) is 0. The van der Waals surface area contributed by atoms with E-state index in [-0.39, 0.29) is 0 Å². The zero-order valence-electron chi connectivity index (χ0n) is 24.8. The summed E-state index contributed by atoms with van der Waals surface area (Å²) in [5, 5.41) is 5.96. The first kappa shape index (κ1) is 27.7. The molecule has 6 aromatic carbocycles. The molecule has 0 saturated carbocycles. The van der Waals surface area contributed by atoms with Crippen LogP contribution < -0.4 is 21.2 Å². The monoisotopic (exact) mass is 602 g/mol. The molecule has 214 valence electrons. The van der Waals surface area contributed by atoms with Crippen molar-refractivity contribution in [2.75, 3.05) is 12.3 Å². The quantitative estimate of drug-likeness (QED) is 0.153. The van der Waals surface area contributed by atoms with Gasteiger partial charge in [-0.25, -0.2) is 0 Å². The topological polar surface area (TPSA) is 0 Å². The van der Waals surface area contributed by atoms with E-state index in [1.165, 1.54) is 33.5 Å². The molecule has 2 heteroatoms. The van der Waals surface area contributed by atoms with Crippen molar-refractivity contribution in [2.24, 2.45) is 11.8 Å². The summed E-state index contributed by atoms with van der Waals surface area (Å²) in [6, 6.07) is 64.3. The Morgan fingerprint density at radius 2 is 0.523 bits per heavy atom. The standard InChI is InChI=1S/C42H36P2/c1-5-17-31(18-6-1)43(32-19-7-2-8-20-32)29-39-40(30-44(33-21-9-3-10-22-33)34-23-11-4-12-24-34)42-37-27-15-13-25-35(37)41(39)36-26-14-16-28-38(36)42/h1-28,39-42H,29-30H2. The van der Waals surface area contributed by atoms with Gasteiger partial charge in [-0.3, -0.25) is 0 Å². The van der Waals surface area contributed by atoms with E-state index >= 15 is 0 Å². The first-order valence-electron chi connectivity index (χ1n) is 15.8. The summed E-state index contributed by atoms with van der Waals surface area (Å²) in [7, 11) is -1.03. The van der Waals surface area contributed by atoms with Crippen LogP contribution in [0.3, 0.4) is 0 Å². The Labute approximate surface area is 264 Å². The van der Waals surface area contributed by atoms with Crippen molar-refractivity contribution in [3.63, 3.8) is 0 Å². The fourth-order valence-corrected chi connectivity index (χ4v) is 13.3. The molecule has 0 aromatic heterocycles. The Kier molecular flexibility index (Phi) is 7.74. The van der Waals surface area contributed by atoms with Crippen molar-refractivity contribution in [2.45, 2.75) is 11.8 Å². The maximum absolute atomic E-state index is 2.44. The summed E-state index contributed by atoms with van der Waals surface area (Å²) >= 11 is 0. The molecule has 3 aliphatic carbocycles. The molecule has 44 heavy (non-hydrogen) atoms. The van der Waals surface area contributed by atoms with Gasteiger partial charge in [-0.1, -0.05) is 170 Å². The highest BCUT2D eigenvalue weighted by molar-refractivity contribution is 7.73. The van der Waals surface area contributed by atoms with Crippen LogP contribution in [-0.2, 0) is 0 Å². The van der Waals surface area contributed by atoms with E-state index in [4.69, 9.17) is 0 Å². The average molecular weight is 603 g/mol. The fourth-order valence-electron chi connectivity index (χ4n) is 7.96. The van der Waals surface area contributed by atoms with E-state index in [0.29, 0.717) is 23.7 Å². The van der Waals surface area contributed by atoms with Gasteiger partial charge in [0, 0.05) is 11.8 Å². The van der Waals surface area contributed by atoms with Gasteiger partial charge in [-0.05, 0) is 83.5 Å². The molecule has 9 rings (SSSR count). The first-order valence-corrected chi connectivity index (χ1v) is 18.8. The van der Waals surface area contributed by atoms with Crippen LogP contribution in [0.2, 0.25) is 0 Å². The molecule has 0 amide bonds. The lowest BCUT2D eigenvalue weighted by molar-refractivity contribution is 0.279. The van der Waals surface area contributed by atoms with Crippen LogP contribution in [0, 0.1) is 11.8 Å². The molecular weight excluding hydrogens is 566 g/mol. The zero-order chi connectivity index (χ0) is 29.3. The van der Waals surface area contributed by atoms with E-state index < -0.39 is 15.8 Å². The van der Waals surface area contributed by atoms with Crippen molar-refractivity contribution >= 4 is 37.1 Å². The summed E-state index contributed by atoms with van der Waals surface area (Å²) in [6.45, 7) is 0. The molecule has 2 unspecified atom stereocenters. The fraction of sp³-hybridized carbons (Fsp3) is 0.143. The van der Waals surface area contributed by atoms with Gasteiger partial charge >= 0.3 is 0 Å². The number of fused-ring (bicyclic) bond motifs is 1. The smallest absolute Gasteiger partial charge is 0.0130 e. The van der Waals surface area contributed by atoms with E-state index in [2.05, 4.69) is 170 Å². The van der Waals surface area contributed by atoms with Gasteiger partial charge in [-0.2, -0.15) is 0 Å². The lowest BCUT2D eigenvalue weighted by atomic mass is 9.55. The van der Waals surface area contributed by atoms with E-state index in [1.54, 1.807) is 22.3 Å². The van der Waals surface area contributed by atoms with Crippen molar-refractivity contribution in [1.82, 2.24) is 0 Å². The summed E-state index contributed by atoms with van der Waals surface area (Å²) < 4.78 is 0. The summed E-state index contributed by atoms with van der Waals surface area (Å²) in [5.41, 5.74) is 6.27. The largest absolute Gasteiger partial charge is 0.0622 e. The Morgan fingerprint density at radius 1 is 0.295 bits per heavy atom. The molecule has 0 saturated heterocycles. The van der Waals surface area contributed by atoms with Gasteiger partial charge in [-0.15, -0.1) is 0 Å². The van der Waals surface area contributed by atoms with E-state index in [9.17, 15) is 0 Å². The summed E-state index contributed by atoms with van der Waals surface area (Å²) in [6.07, 6.45) is 2.40. The third kappa shape index (κ3) is 5.06. The third-order valence-corrected chi connectivity index (χ3v) is 15.1. The Hall–Kier alpha value is -3.82. The minimum absolute atomic E-state index is 0.415. The van der Waals surface area contributed by atoms with Crippen molar-refractivity contribution in [1.29, 1.82) is 0 Å². The second-order valence-electron chi connectivity index (χ2n) is 12.1. The first-order chi connectivity index (χ1) is 21.9. The highest BCUT2D eigenvalue weighted by atomic mass is 31.1. The van der Waals surface area contributed by atoms with Gasteiger partial charge in [0.05, 0.1) is 0 Å². The Morgan fingerprint density at radius 3 is 0.773 bits per heavy atom. The number of rotatable bonds is 8. The van der Waals surface area contributed by atoms with Crippen LogP contribution in [0.4, 0.5) is 0 Å². The summed E-state index contributed by atoms with van der Waals surface area (Å²) in [5.74, 6) is 1.93. The van der Waals surface area contributed by atoms with Crippen molar-refractivity contribution < 1.29 is 0 Å². The number of hydrogen-bond acceptors (Lipinski definition) is 0. The maximum Gasteiger partial charge on any atom is 0.0130 e. The van der Waals surface area contributed by atoms with E-state index in [1.807, 2.05) is 0 Å². The minimum Gasteiger partial charge on any atom is -0.0622 e. The highest BCUT2D eigenvalue weighted by Crippen LogP contribution is 2.62. The Bertz CT molecular complexity index is 1570. The molecule has 2 bridgehead atoms.